The summed E-state index contributed by atoms with van der Waals surface area (Å²) in [5, 5.41) is 8.44. The number of alkyl carbamates (subject to hydrolysis) is 1. The Labute approximate surface area is 275 Å². The van der Waals surface area contributed by atoms with Crippen LogP contribution in [0.5, 0.6) is 5.75 Å². The molecule has 3 amide bonds. The van der Waals surface area contributed by atoms with Crippen LogP contribution in [0.3, 0.4) is 0 Å². The molecule has 3 N–H and O–H groups in total. The molecule has 0 saturated heterocycles. The van der Waals surface area contributed by atoms with Gasteiger partial charge in [0, 0.05) is 19.5 Å². The molecule has 0 radical (unpaired) electrons. The van der Waals surface area contributed by atoms with Crippen molar-refractivity contribution in [1.82, 2.24) is 15.3 Å². The lowest BCUT2D eigenvalue weighted by molar-refractivity contribution is -0.0980. The largest absolute Gasteiger partial charge is 0.490 e. The number of carbonyl (C=O) groups excluding carboxylic acids is 4. The molecule has 46 heavy (non-hydrogen) atoms. The Bertz CT molecular complexity index is 1400. The van der Waals surface area contributed by atoms with Crippen LogP contribution >= 0.6 is 11.6 Å². The number of aromatic nitrogens is 2. The predicted molar refractivity (Wildman–Crippen MR) is 179 cm³/mol. The second-order valence-electron chi connectivity index (χ2n) is 10.7. The van der Waals surface area contributed by atoms with E-state index in [0.717, 1.165) is 5.56 Å². The number of hydrogen-bond acceptors (Lipinski definition) is 9. The van der Waals surface area contributed by atoms with E-state index in [4.69, 9.17) is 30.6 Å². The molecule has 3 aromatic rings. The topological polar surface area (TPSA) is 158 Å². The smallest absolute Gasteiger partial charge is 0.407 e. The highest BCUT2D eigenvalue weighted by molar-refractivity contribution is 6.30. The van der Waals surface area contributed by atoms with Gasteiger partial charge < -0.3 is 35.0 Å². The Morgan fingerprint density at radius 3 is 2.26 bits per heavy atom. The molecule has 2 heterocycles. The van der Waals surface area contributed by atoms with Gasteiger partial charge in [0.05, 0.1) is 22.8 Å². The molecule has 0 aliphatic heterocycles. The van der Waals surface area contributed by atoms with E-state index < -0.39 is 29.6 Å². The number of hydrogen-bond donors (Lipinski definition) is 3. The van der Waals surface area contributed by atoms with Crippen molar-refractivity contribution in [3.05, 3.63) is 76.7 Å². The number of halogens is 1. The third-order valence-corrected chi connectivity index (χ3v) is 5.98. The van der Waals surface area contributed by atoms with Gasteiger partial charge in [-0.2, -0.15) is 0 Å². The van der Waals surface area contributed by atoms with E-state index in [1.165, 1.54) is 32.3 Å². The zero-order chi connectivity index (χ0) is 34.7. The van der Waals surface area contributed by atoms with Crippen LogP contribution in [0.15, 0.2) is 54.9 Å². The summed E-state index contributed by atoms with van der Waals surface area (Å²) in [7, 11) is 1.49. The highest BCUT2D eigenvalue weighted by atomic mass is 35.5. The van der Waals surface area contributed by atoms with Crippen molar-refractivity contribution in [2.75, 3.05) is 30.9 Å². The quantitative estimate of drug-likeness (QED) is 0.210. The molecular formula is C33H44ClN5O7. The molecule has 250 valence electrons. The molecule has 0 fully saturated rings. The molecule has 2 aromatic heterocycles. The first kappa shape index (κ1) is 39.5. The predicted octanol–water partition coefficient (Wildman–Crippen LogP) is 6.48. The molecule has 0 bridgehead atoms. The fourth-order valence-electron chi connectivity index (χ4n) is 3.34. The molecule has 0 aliphatic carbocycles. The first-order valence-electron chi connectivity index (χ1n) is 14.6. The molecule has 0 aliphatic rings. The molecule has 1 atom stereocenters. The molecule has 13 heteroatoms. The van der Waals surface area contributed by atoms with Crippen LogP contribution in [-0.2, 0) is 14.3 Å². The van der Waals surface area contributed by atoms with Crippen LogP contribution in [-0.4, -0.2) is 66.6 Å². The number of aryl methyl sites for hydroxylation is 1. The third kappa shape index (κ3) is 14.5. The number of nitrogens with zero attached hydrogens (tertiary/aromatic N) is 2. The van der Waals surface area contributed by atoms with E-state index in [1.54, 1.807) is 63.2 Å². The Kier molecular flexibility index (Phi) is 17.6. The normalized spacial score (nSPS) is 11.0. The minimum atomic E-state index is -0.630. The van der Waals surface area contributed by atoms with E-state index in [9.17, 15) is 14.4 Å². The maximum atomic E-state index is 13.3. The second-order valence-corrected chi connectivity index (χ2v) is 11.2. The van der Waals surface area contributed by atoms with Crippen molar-refractivity contribution in [2.45, 2.75) is 66.1 Å². The number of amides is 3. The zero-order valence-corrected chi connectivity index (χ0v) is 28.2. The Morgan fingerprint density at radius 2 is 1.67 bits per heavy atom. The number of unbranched alkanes of at least 4 members (excludes halogenated alkanes) is 1. The summed E-state index contributed by atoms with van der Waals surface area (Å²) >= 11 is 5.85. The number of methoxy groups -OCH3 is 1. The van der Waals surface area contributed by atoms with Crippen LogP contribution in [0.25, 0.3) is 0 Å². The number of rotatable bonds is 11. The van der Waals surface area contributed by atoms with Gasteiger partial charge >= 0.3 is 6.09 Å². The van der Waals surface area contributed by atoms with Gasteiger partial charge in [0.15, 0.2) is 5.69 Å². The number of ether oxygens (including phenoxy) is 3. The maximum Gasteiger partial charge on any atom is 0.407 e. The van der Waals surface area contributed by atoms with Gasteiger partial charge in [-0.15, -0.1) is 0 Å². The fourth-order valence-corrected chi connectivity index (χ4v) is 3.45. The van der Waals surface area contributed by atoms with E-state index in [2.05, 4.69) is 39.8 Å². The van der Waals surface area contributed by atoms with Crippen LogP contribution < -0.4 is 20.7 Å². The van der Waals surface area contributed by atoms with Crippen LogP contribution in [0.4, 0.5) is 16.3 Å². The molecule has 0 saturated carbocycles. The summed E-state index contributed by atoms with van der Waals surface area (Å²) in [5.41, 5.74) is 0.658. The Balaban J connectivity index is 0.00000163. The summed E-state index contributed by atoms with van der Waals surface area (Å²) in [6.45, 7) is 13.7. The van der Waals surface area contributed by atoms with Crippen molar-refractivity contribution < 1.29 is 33.4 Å². The number of benzene rings is 1. The van der Waals surface area contributed by atoms with Crippen molar-refractivity contribution in [1.29, 1.82) is 0 Å². The standard InChI is InChI=1S/C28H32ClN5O6.C4H10.CH2O/c1-17-8-10-20(22(13-17)39-16-19(38-5)15-32-27(37)40-28(2,3)4)25(35)33-21-7-6-12-30-24(21)26(36)34-23-11-9-18(29)14-31-23;1-3-4-2;1-2/h6-14,19H,15-16H2,1-5H3,(H,32,37)(H,33,35)(H,31,34,36);3-4H2,1-2H3;1H2. The summed E-state index contributed by atoms with van der Waals surface area (Å²) in [6.07, 6.45) is 4.39. The van der Waals surface area contributed by atoms with Crippen molar-refractivity contribution in [3.8, 4) is 5.75 Å². The fraction of sp³-hybridized carbons (Fsp3) is 0.394. The van der Waals surface area contributed by atoms with Crippen LogP contribution in [0, 0.1) is 6.92 Å². The van der Waals surface area contributed by atoms with Gasteiger partial charge in [-0.3, -0.25) is 9.59 Å². The van der Waals surface area contributed by atoms with Crippen LogP contribution in [0.1, 0.15) is 73.9 Å². The molecule has 1 unspecified atom stereocenters. The molecule has 3 rings (SSSR count). The van der Waals surface area contributed by atoms with Gasteiger partial charge in [-0.05, 0) is 69.7 Å². The highest BCUT2D eigenvalue weighted by Crippen LogP contribution is 2.24. The molecule has 0 spiro atoms. The van der Waals surface area contributed by atoms with Crippen molar-refractivity contribution in [2.24, 2.45) is 0 Å². The van der Waals surface area contributed by atoms with E-state index in [-0.39, 0.29) is 35.9 Å². The Hall–Kier alpha value is -4.55. The second kappa shape index (κ2) is 20.5. The first-order valence-corrected chi connectivity index (χ1v) is 15.0. The summed E-state index contributed by atoms with van der Waals surface area (Å²) in [5.74, 6) is -0.494. The van der Waals surface area contributed by atoms with E-state index >= 15 is 0 Å². The first-order chi connectivity index (χ1) is 21.9. The summed E-state index contributed by atoms with van der Waals surface area (Å²) in [6, 6.07) is 11.4. The highest BCUT2D eigenvalue weighted by Gasteiger charge is 2.21. The lowest BCUT2D eigenvalue weighted by Gasteiger charge is -2.22. The van der Waals surface area contributed by atoms with Gasteiger partial charge in [0.25, 0.3) is 11.8 Å². The molecule has 12 nitrogen and oxygen atoms in total. The minimum absolute atomic E-state index is 0.00477. The lowest BCUT2D eigenvalue weighted by atomic mass is 10.1. The zero-order valence-electron chi connectivity index (χ0n) is 27.4. The maximum absolute atomic E-state index is 13.3. The SMILES string of the molecule is C=O.CCCC.COC(CNC(=O)OC(C)(C)C)COc1cc(C)ccc1C(=O)Nc1cccnc1C(=O)Nc1ccc(Cl)cn1. The van der Waals surface area contributed by atoms with E-state index in [0.29, 0.717) is 10.8 Å². The number of pyridine rings is 2. The average Bonchev–Trinajstić information content (AvgIpc) is 3.02. The lowest BCUT2D eigenvalue weighted by Crippen LogP contribution is -2.39. The summed E-state index contributed by atoms with van der Waals surface area (Å²) < 4.78 is 16.6. The minimum Gasteiger partial charge on any atom is -0.490 e. The summed E-state index contributed by atoms with van der Waals surface area (Å²) in [4.78, 5) is 54.3. The van der Waals surface area contributed by atoms with Gasteiger partial charge in [-0.25, -0.2) is 14.8 Å². The van der Waals surface area contributed by atoms with Gasteiger partial charge in [-0.1, -0.05) is 44.4 Å². The van der Waals surface area contributed by atoms with Crippen molar-refractivity contribution >= 4 is 47.8 Å². The Morgan fingerprint density at radius 1 is 0.978 bits per heavy atom. The number of nitrogens with one attached hydrogen (secondary N) is 3. The monoisotopic (exact) mass is 657 g/mol. The number of anilines is 2. The van der Waals surface area contributed by atoms with Gasteiger partial charge in [0.2, 0.25) is 0 Å². The van der Waals surface area contributed by atoms with Gasteiger partial charge in [0.1, 0.15) is 36.7 Å². The van der Waals surface area contributed by atoms with Crippen molar-refractivity contribution in [3.63, 3.8) is 0 Å². The molecule has 1 aromatic carbocycles. The number of carbonyl (C=O) groups is 4. The van der Waals surface area contributed by atoms with E-state index in [1.807, 2.05) is 13.7 Å². The molecular weight excluding hydrogens is 614 g/mol. The van der Waals surface area contributed by atoms with Crippen LogP contribution in [0.2, 0.25) is 5.02 Å². The average molecular weight is 658 g/mol. The third-order valence-electron chi connectivity index (χ3n) is 5.75.